The average molecular weight is 213 g/mol. The fourth-order valence-corrected chi connectivity index (χ4v) is 1.34. The molecular formula is C12H11N3O. The molecule has 0 bridgehead atoms. The Morgan fingerprint density at radius 2 is 2.19 bits per heavy atom. The molecule has 1 aromatic carbocycles. The van der Waals surface area contributed by atoms with Crippen molar-refractivity contribution in [3.05, 3.63) is 54.0 Å². The molecule has 1 N–H and O–H groups in total. The highest BCUT2D eigenvalue weighted by molar-refractivity contribution is 6.03. The Morgan fingerprint density at radius 1 is 1.31 bits per heavy atom. The quantitative estimate of drug-likeness (QED) is 0.830. The van der Waals surface area contributed by atoms with Crippen LogP contribution >= 0.6 is 0 Å². The second kappa shape index (κ2) is 4.53. The molecule has 2 aromatic rings. The van der Waals surface area contributed by atoms with Gasteiger partial charge in [-0.3, -0.25) is 4.79 Å². The molecule has 0 aliphatic carbocycles. The molecule has 0 aliphatic rings. The van der Waals surface area contributed by atoms with Crippen LogP contribution in [-0.4, -0.2) is 15.9 Å². The summed E-state index contributed by atoms with van der Waals surface area (Å²) in [6.45, 7) is 1.95. The highest BCUT2D eigenvalue weighted by Crippen LogP contribution is 2.07. The van der Waals surface area contributed by atoms with Gasteiger partial charge in [-0.15, -0.1) is 0 Å². The van der Waals surface area contributed by atoms with Crippen LogP contribution in [0.5, 0.6) is 0 Å². The second-order valence-corrected chi connectivity index (χ2v) is 3.42. The molecule has 1 amide bonds. The summed E-state index contributed by atoms with van der Waals surface area (Å²) in [6, 6.07) is 9.04. The third kappa shape index (κ3) is 2.42. The molecule has 4 nitrogen and oxygen atoms in total. The molecule has 0 fully saturated rings. The van der Waals surface area contributed by atoms with E-state index in [1.54, 1.807) is 18.3 Å². The number of anilines is 1. The summed E-state index contributed by atoms with van der Waals surface area (Å²) >= 11 is 0. The number of carbonyl (C=O) groups is 1. The number of nitrogens with one attached hydrogen (secondary N) is 1. The normalized spacial score (nSPS) is 9.81. The number of hydrogen-bond acceptors (Lipinski definition) is 3. The standard InChI is InChI=1S/C12H11N3O/c1-9-3-2-4-10(7-9)12(16)15-11-5-6-13-8-14-11/h2-8H,1H3,(H,13,14,15,16). The van der Waals surface area contributed by atoms with E-state index >= 15 is 0 Å². The Hall–Kier alpha value is -2.23. The van der Waals surface area contributed by atoms with Gasteiger partial charge < -0.3 is 5.32 Å². The lowest BCUT2D eigenvalue weighted by atomic mass is 10.1. The predicted octanol–water partition coefficient (Wildman–Crippen LogP) is 2.04. The van der Waals surface area contributed by atoms with Gasteiger partial charge in [0.2, 0.25) is 0 Å². The topological polar surface area (TPSA) is 54.9 Å². The smallest absolute Gasteiger partial charge is 0.256 e. The first-order valence-corrected chi connectivity index (χ1v) is 4.90. The molecule has 1 heterocycles. The van der Waals surface area contributed by atoms with Crippen LogP contribution in [0.2, 0.25) is 0 Å². The highest BCUT2D eigenvalue weighted by Gasteiger charge is 2.05. The van der Waals surface area contributed by atoms with E-state index in [-0.39, 0.29) is 5.91 Å². The molecule has 1 aromatic heterocycles. The van der Waals surface area contributed by atoms with Crippen molar-refractivity contribution in [1.29, 1.82) is 0 Å². The van der Waals surface area contributed by atoms with Gasteiger partial charge in [-0.25, -0.2) is 9.97 Å². The Balaban J connectivity index is 2.15. The van der Waals surface area contributed by atoms with E-state index in [1.807, 2.05) is 25.1 Å². The highest BCUT2D eigenvalue weighted by atomic mass is 16.1. The molecule has 0 saturated carbocycles. The maximum Gasteiger partial charge on any atom is 0.256 e. The van der Waals surface area contributed by atoms with Crippen LogP contribution in [0.3, 0.4) is 0 Å². The van der Waals surface area contributed by atoms with Gasteiger partial charge in [0.05, 0.1) is 0 Å². The number of carbonyl (C=O) groups excluding carboxylic acids is 1. The molecule has 2 rings (SSSR count). The zero-order valence-electron chi connectivity index (χ0n) is 8.84. The molecule has 0 unspecified atom stereocenters. The van der Waals surface area contributed by atoms with E-state index in [4.69, 9.17) is 0 Å². The number of aryl methyl sites for hydroxylation is 1. The van der Waals surface area contributed by atoms with Gasteiger partial charge in [-0.2, -0.15) is 0 Å². The van der Waals surface area contributed by atoms with E-state index in [0.29, 0.717) is 11.4 Å². The van der Waals surface area contributed by atoms with E-state index < -0.39 is 0 Å². The Bertz CT molecular complexity index is 497. The van der Waals surface area contributed by atoms with Crippen molar-refractivity contribution < 1.29 is 4.79 Å². The van der Waals surface area contributed by atoms with Crippen molar-refractivity contribution in [3.63, 3.8) is 0 Å². The van der Waals surface area contributed by atoms with Gasteiger partial charge >= 0.3 is 0 Å². The summed E-state index contributed by atoms with van der Waals surface area (Å²) in [4.78, 5) is 19.5. The second-order valence-electron chi connectivity index (χ2n) is 3.42. The zero-order valence-corrected chi connectivity index (χ0v) is 8.84. The number of nitrogens with zero attached hydrogens (tertiary/aromatic N) is 2. The van der Waals surface area contributed by atoms with Crippen LogP contribution < -0.4 is 5.32 Å². The SMILES string of the molecule is Cc1cccc(C(=O)Nc2ccncn2)c1. The molecule has 80 valence electrons. The fourth-order valence-electron chi connectivity index (χ4n) is 1.34. The van der Waals surface area contributed by atoms with Crippen LogP contribution in [-0.2, 0) is 0 Å². The van der Waals surface area contributed by atoms with Gasteiger partial charge in [-0.05, 0) is 25.1 Å². The molecule has 0 atom stereocenters. The summed E-state index contributed by atoms with van der Waals surface area (Å²) in [6.07, 6.45) is 2.98. The Labute approximate surface area is 93.4 Å². The molecule has 0 radical (unpaired) electrons. The number of aromatic nitrogens is 2. The van der Waals surface area contributed by atoms with Crippen LogP contribution in [0.1, 0.15) is 15.9 Å². The average Bonchev–Trinajstić information content (AvgIpc) is 2.30. The number of hydrogen-bond donors (Lipinski definition) is 1. The van der Waals surface area contributed by atoms with Gasteiger partial charge in [0.1, 0.15) is 12.1 Å². The van der Waals surface area contributed by atoms with Crippen molar-refractivity contribution in [2.45, 2.75) is 6.92 Å². The first-order valence-electron chi connectivity index (χ1n) is 4.90. The summed E-state index contributed by atoms with van der Waals surface area (Å²) in [5.41, 5.74) is 1.67. The van der Waals surface area contributed by atoms with E-state index in [9.17, 15) is 4.79 Å². The summed E-state index contributed by atoms with van der Waals surface area (Å²) in [7, 11) is 0. The minimum Gasteiger partial charge on any atom is -0.306 e. The number of amides is 1. The maximum absolute atomic E-state index is 11.8. The van der Waals surface area contributed by atoms with Crippen LogP contribution in [0.4, 0.5) is 5.82 Å². The Morgan fingerprint density at radius 3 is 2.88 bits per heavy atom. The third-order valence-electron chi connectivity index (χ3n) is 2.10. The van der Waals surface area contributed by atoms with Crippen molar-refractivity contribution in [2.75, 3.05) is 5.32 Å². The molecule has 0 spiro atoms. The largest absolute Gasteiger partial charge is 0.306 e. The summed E-state index contributed by atoms with van der Waals surface area (Å²) in [5.74, 6) is 0.337. The lowest BCUT2D eigenvalue weighted by molar-refractivity contribution is 0.102. The van der Waals surface area contributed by atoms with Crippen LogP contribution in [0.15, 0.2) is 42.9 Å². The first-order chi connectivity index (χ1) is 7.75. The van der Waals surface area contributed by atoms with E-state index in [0.717, 1.165) is 5.56 Å². The lowest BCUT2D eigenvalue weighted by Gasteiger charge is -2.04. The predicted molar refractivity (Wildman–Crippen MR) is 61.2 cm³/mol. The van der Waals surface area contributed by atoms with E-state index in [2.05, 4.69) is 15.3 Å². The summed E-state index contributed by atoms with van der Waals surface area (Å²) in [5, 5.41) is 2.70. The van der Waals surface area contributed by atoms with Gasteiger partial charge in [0.15, 0.2) is 0 Å². The van der Waals surface area contributed by atoms with Gasteiger partial charge in [-0.1, -0.05) is 17.7 Å². The Kier molecular flexibility index (Phi) is 2.91. The minimum absolute atomic E-state index is 0.164. The molecule has 4 heteroatoms. The third-order valence-corrected chi connectivity index (χ3v) is 2.10. The lowest BCUT2D eigenvalue weighted by Crippen LogP contribution is -2.12. The maximum atomic E-state index is 11.8. The molecule has 0 saturated heterocycles. The monoisotopic (exact) mass is 213 g/mol. The van der Waals surface area contributed by atoms with E-state index in [1.165, 1.54) is 6.33 Å². The van der Waals surface area contributed by atoms with Crippen molar-refractivity contribution >= 4 is 11.7 Å². The van der Waals surface area contributed by atoms with Gasteiger partial charge in [0.25, 0.3) is 5.91 Å². The van der Waals surface area contributed by atoms with Crippen molar-refractivity contribution in [3.8, 4) is 0 Å². The first kappa shape index (κ1) is 10.3. The summed E-state index contributed by atoms with van der Waals surface area (Å²) < 4.78 is 0. The van der Waals surface area contributed by atoms with Gasteiger partial charge in [0, 0.05) is 11.8 Å². The number of rotatable bonds is 2. The van der Waals surface area contributed by atoms with Crippen LogP contribution in [0.25, 0.3) is 0 Å². The van der Waals surface area contributed by atoms with Crippen LogP contribution in [0, 0.1) is 6.92 Å². The molecule has 0 aliphatic heterocycles. The molecular weight excluding hydrogens is 202 g/mol. The van der Waals surface area contributed by atoms with Crippen molar-refractivity contribution in [2.24, 2.45) is 0 Å². The zero-order chi connectivity index (χ0) is 11.4. The van der Waals surface area contributed by atoms with Crippen molar-refractivity contribution in [1.82, 2.24) is 9.97 Å². The number of benzene rings is 1. The fraction of sp³-hybridized carbons (Fsp3) is 0.0833. The molecule has 16 heavy (non-hydrogen) atoms. The minimum atomic E-state index is -0.164.